The second-order valence-corrected chi connectivity index (χ2v) is 3.70. The predicted octanol–water partition coefficient (Wildman–Crippen LogP) is 2.00. The third kappa shape index (κ3) is 3.62. The van der Waals surface area contributed by atoms with Crippen molar-refractivity contribution in [3.63, 3.8) is 0 Å². The number of amidine groups is 1. The maximum Gasteiger partial charge on any atom is 0.122 e. The fourth-order valence-corrected chi connectivity index (χ4v) is 1.42. The van der Waals surface area contributed by atoms with Gasteiger partial charge < -0.3 is 10.5 Å². The second-order valence-electron chi connectivity index (χ2n) is 3.70. The van der Waals surface area contributed by atoms with Crippen LogP contribution in [0.2, 0.25) is 0 Å². The molecule has 1 aromatic carbocycles. The monoisotopic (exact) mass is 206 g/mol. The third-order valence-electron chi connectivity index (χ3n) is 1.99. The van der Waals surface area contributed by atoms with Crippen molar-refractivity contribution in [2.75, 3.05) is 7.11 Å². The lowest BCUT2D eigenvalue weighted by Crippen LogP contribution is -2.17. The van der Waals surface area contributed by atoms with Crippen LogP contribution < -0.4 is 10.5 Å². The van der Waals surface area contributed by atoms with Crippen LogP contribution in [0.3, 0.4) is 0 Å². The normalized spacial score (nSPS) is 11.9. The van der Waals surface area contributed by atoms with Crippen molar-refractivity contribution >= 4 is 5.84 Å². The molecule has 0 aliphatic heterocycles. The molecule has 0 radical (unpaired) electrons. The summed E-state index contributed by atoms with van der Waals surface area (Å²) in [5.74, 6) is 1.51. The van der Waals surface area contributed by atoms with E-state index in [2.05, 4.69) is 4.99 Å². The summed E-state index contributed by atoms with van der Waals surface area (Å²) in [4.78, 5) is 4.29. The fraction of sp³-hybridized carbons (Fsp3) is 0.417. The van der Waals surface area contributed by atoms with Crippen LogP contribution in [0.1, 0.15) is 19.4 Å². The van der Waals surface area contributed by atoms with Crippen LogP contribution in [0.15, 0.2) is 29.3 Å². The minimum Gasteiger partial charge on any atom is -0.496 e. The fourth-order valence-electron chi connectivity index (χ4n) is 1.42. The number of benzene rings is 1. The van der Waals surface area contributed by atoms with E-state index in [1.165, 1.54) is 0 Å². The standard InChI is InChI=1S/C12H18N2O/c1-9(2)14-12(13)8-10-6-4-5-7-11(10)15-3/h4-7,9H,8H2,1-3H3,(H2,13,14). The average Bonchev–Trinajstić information content (AvgIpc) is 2.17. The number of para-hydroxylation sites is 1. The Morgan fingerprint density at radius 2 is 2.07 bits per heavy atom. The number of hydrogen-bond donors (Lipinski definition) is 1. The zero-order valence-electron chi connectivity index (χ0n) is 9.53. The number of ether oxygens (including phenoxy) is 1. The van der Waals surface area contributed by atoms with E-state index in [1.807, 2.05) is 38.1 Å². The van der Waals surface area contributed by atoms with Crippen molar-refractivity contribution < 1.29 is 4.74 Å². The molecule has 0 heterocycles. The Kier molecular flexibility index (Phi) is 4.16. The molecule has 0 unspecified atom stereocenters. The van der Waals surface area contributed by atoms with Gasteiger partial charge in [0.2, 0.25) is 0 Å². The molecule has 82 valence electrons. The van der Waals surface area contributed by atoms with Gasteiger partial charge >= 0.3 is 0 Å². The number of nitrogens with zero attached hydrogens (tertiary/aromatic N) is 1. The predicted molar refractivity (Wildman–Crippen MR) is 63.5 cm³/mol. The lowest BCUT2D eigenvalue weighted by molar-refractivity contribution is 0.411. The summed E-state index contributed by atoms with van der Waals surface area (Å²) in [6, 6.07) is 8.08. The van der Waals surface area contributed by atoms with E-state index < -0.39 is 0 Å². The zero-order valence-corrected chi connectivity index (χ0v) is 9.53. The van der Waals surface area contributed by atoms with Crippen molar-refractivity contribution in [3.05, 3.63) is 29.8 Å². The molecule has 1 rings (SSSR count). The first-order valence-electron chi connectivity index (χ1n) is 5.07. The van der Waals surface area contributed by atoms with Gasteiger partial charge in [0, 0.05) is 18.0 Å². The van der Waals surface area contributed by atoms with Gasteiger partial charge in [-0.1, -0.05) is 18.2 Å². The van der Waals surface area contributed by atoms with E-state index in [0.717, 1.165) is 11.3 Å². The molecule has 0 bridgehead atoms. The van der Waals surface area contributed by atoms with Crippen LogP contribution in [-0.4, -0.2) is 19.0 Å². The SMILES string of the molecule is COc1ccccc1CC(N)=NC(C)C. The van der Waals surface area contributed by atoms with E-state index in [-0.39, 0.29) is 6.04 Å². The number of rotatable bonds is 4. The van der Waals surface area contributed by atoms with Crippen LogP contribution >= 0.6 is 0 Å². The second kappa shape index (κ2) is 5.39. The highest BCUT2D eigenvalue weighted by Crippen LogP contribution is 2.17. The summed E-state index contributed by atoms with van der Waals surface area (Å²) in [6.07, 6.45) is 0.641. The summed E-state index contributed by atoms with van der Waals surface area (Å²) in [6.45, 7) is 4.02. The van der Waals surface area contributed by atoms with Crippen LogP contribution in [0.5, 0.6) is 5.75 Å². The van der Waals surface area contributed by atoms with E-state index in [1.54, 1.807) is 7.11 Å². The molecule has 3 nitrogen and oxygen atoms in total. The van der Waals surface area contributed by atoms with Gasteiger partial charge in [0.1, 0.15) is 5.75 Å². The van der Waals surface area contributed by atoms with Gasteiger partial charge in [-0.2, -0.15) is 0 Å². The number of nitrogens with two attached hydrogens (primary N) is 1. The van der Waals surface area contributed by atoms with Crippen molar-refractivity contribution in [2.24, 2.45) is 10.7 Å². The van der Waals surface area contributed by atoms with Crippen LogP contribution in [-0.2, 0) is 6.42 Å². The van der Waals surface area contributed by atoms with Crippen molar-refractivity contribution in [1.29, 1.82) is 0 Å². The van der Waals surface area contributed by atoms with Crippen molar-refractivity contribution in [3.8, 4) is 5.75 Å². The molecule has 2 N–H and O–H groups in total. The van der Waals surface area contributed by atoms with Crippen molar-refractivity contribution in [1.82, 2.24) is 0 Å². The summed E-state index contributed by atoms with van der Waals surface area (Å²) in [5, 5.41) is 0. The smallest absolute Gasteiger partial charge is 0.122 e. The van der Waals surface area contributed by atoms with Gasteiger partial charge in [-0.05, 0) is 19.9 Å². The highest BCUT2D eigenvalue weighted by molar-refractivity contribution is 5.83. The van der Waals surface area contributed by atoms with E-state index in [4.69, 9.17) is 10.5 Å². The Balaban J connectivity index is 2.80. The molecular weight excluding hydrogens is 188 g/mol. The summed E-state index contributed by atoms with van der Waals surface area (Å²) >= 11 is 0. The molecule has 3 heteroatoms. The zero-order chi connectivity index (χ0) is 11.3. The average molecular weight is 206 g/mol. The first kappa shape index (κ1) is 11.6. The van der Waals surface area contributed by atoms with Gasteiger partial charge in [0.25, 0.3) is 0 Å². The minimum atomic E-state index is 0.236. The number of methoxy groups -OCH3 is 1. The molecule has 0 saturated heterocycles. The maximum absolute atomic E-state index is 5.82. The molecule has 0 aliphatic carbocycles. The Morgan fingerprint density at radius 3 is 2.67 bits per heavy atom. The molecule has 0 aliphatic rings. The van der Waals surface area contributed by atoms with Gasteiger partial charge in [0.05, 0.1) is 12.9 Å². The van der Waals surface area contributed by atoms with Crippen molar-refractivity contribution in [2.45, 2.75) is 26.3 Å². The number of aliphatic imine (C=N–C) groups is 1. The lowest BCUT2D eigenvalue weighted by atomic mass is 10.1. The highest BCUT2D eigenvalue weighted by Gasteiger charge is 2.03. The summed E-state index contributed by atoms with van der Waals surface area (Å²) in [5.41, 5.74) is 6.90. The van der Waals surface area contributed by atoms with Crippen LogP contribution in [0.4, 0.5) is 0 Å². The van der Waals surface area contributed by atoms with Gasteiger partial charge in [-0.3, -0.25) is 4.99 Å². The Hall–Kier alpha value is -1.51. The first-order chi connectivity index (χ1) is 7.13. The Labute approximate surface area is 91.0 Å². The highest BCUT2D eigenvalue weighted by atomic mass is 16.5. The molecule has 0 atom stereocenters. The molecule has 0 fully saturated rings. The summed E-state index contributed by atoms with van der Waals surface area (Å²) < 4.78 is 5.24. The topological polar surface area (TPSA) is 47.6 Å². The third-order valence-corrected chi connectivity index (χ3v) is 1.99. The van der Waals surface area contributed by atoms with Gasteiger partial charge in [-0.25, -0.2) is 0 Å². The molecule has 15 heavy (non-hydrogen) atoms. The molecule has 0 saturated carbocycles. The van der Waals surface area contributed by atoms with Crippen LogP contribution in [0.25, 0.3) is 0 Å². The summed E-state index contributed by atoms with van der Waals surface area (Å²) in [7, 11) is 1.66. The van der Waals surface area contributed by atoms with E-state index in [0.29, 0.717) is 12.3 Å². The Bertz CT molecular complexity index is 345. The van der Waals surface area contributed by atoms with E-state index >= 15 is 0 Å². The maximum atomic E-state index is 5.82. The first-order valence-corrected chi connectivity index (χ1v) is 5.07. The largest absolute Gasteiger partial charge is 0.496 e. The quantitative estimate of drug-likeness (QED) is 0.605. The van der Waals surface area contributed by atoms with Gasteiger partial charge in [-0.15, -0.1) is 0 Å². The minimum absolute atomic E-state index is 0.236. The molecule has 0 aromatic heterocycles. The molecule has 0 amide bonds. The van der Waals surface area contributed by atoms with Gasteiger partial charge in [0.15, 0.2) is 0 Å². The Morgan fingerprint density at radius 1 is 1.40 bits per heavy atom. The lowest BCUT2D eigenvalue weighted by Gasteiger charge is -2.08. The molecule has 0 spiro atoms. The molecule has 1 aromatic rings. The van der Waals surface area contributed by atoms with Crippen LogP contribution in [0, 0.1) is 0 Å². The molecular formula is C12H18N2O. The number of hydrogen-bond acceptors (Lipinski definition) is 2. The van der Waals surface area contributed by atoms with E-state index in [9.17, 15) is 0 Å².